The number of halogens is 1. The van der Waals surface area contributed by atoms with E-state index in [4.69, 9.17) is 11.6 Å². The third-order valence-electron chi connectivity index (χ3n) is 4.22. The molecule has 1 saturated heterocycles. The highest BCUT2D eigenvalue weighted by atomic mass is 35.5. The number of carbonyl (C=O) groups is 2. The largest absolute Gasteiger partial charge is 0.310 e. The summed E-state index contributed by atoms with van der Waals surface area (Å²) in [5, 5.41) is 2.63. The summed E-state index contributed by atoms with van der Waals surface area (Å²) >= 11 is 7.50. The molecule has 0 aliphatic carbocycles. The lowest BCUT2D eigenvalue weighted by Crippen LogP contribution is -2.54. The number of anilines is 1. The second-order valence-corrected chi connectivity index (χ2v) is 7.46. The fourth-order valence-electron chi connectivity index (χ4n) is 2.88. The van der Waals surface area contributed by atoms with Gasteiger partial charge in [-0.25, -0.2) is 0 Å². The summed E-state index contributed by atoms with van der Waals surface area (Å²) in [6, 6.07) is 9.54. The van der Waals surface area contributed by atoms with Crippen LogP contribution >= 0.6 is 22.9 Å². The molecule has 126 valence electrons. The smallest absolute Gasteiger partial charge is 0.241 e. The van der Waals surface area contributed by atoms with E-state index in [1.165, 1.54) is 11.3 Å². The van der Waals surface area contributed by atoms with Gasteiger partial charge < -0.3 is 4.90 Å². The maximum absolute atomic E-state index is 12.6. The Bertz CT molecular complexity index is 774. The van der Waals surface area contributed by atoms with Crippen molar-refractivity contribution in [3.8, 4) is 0 Å². The molecular weight excluding hydrogens is 344 g/mol. The normalized spacial score (nSPS) is 18.9. The molecule has 0 radical (unpaired) electrons. The Labute approximate surface area is 150 Å². The van der Waals surface area contributed by atoms with E-state index >= 15 is 0 Å². The quantitative estimate of drug-likeness (QED) is 0.776. The van der Waals surface area contributed by atoms with Gasteiger partial charge in [-0.05, 0) is 49.1 Å². The number of hydrogen-bond acceptors (Lipinski definition) is 4. The van der Waals surface area contributed by atoms with E-state index in [-0.39, 0.29) is 17.7 Å². The molecule has 4 nitrogen and oxygen atoms in total. The third-order valence-corrected chi connectivity index (χ3v) is 5.53. The van der Waals surface area contributed by atoms with Crippen LogP contribution in [0.4, 0.5) is 5.69 Å². The van der Waals surface area contributed by atoms with Crippen molar-refractivity contribution in [2.75, 3.05) is 18.0 Å². The standard InChI is InChI=1S/C18H19ClN2O2S/c1-12-8-21(16-5-3-4-15(19)7-16)18(23)10-20(12)9-14-6-17(13(2)22)24-11-14/h3-7,11-12H,8-10H2,1-2H3. The number of hydrogen-bond donors (Lipinski definition) is 0. The average Bonchev–Trinajstić information content (AvgIpc) is 2.99. The molecule has 0 saturated carbocycles. The second-order valence-electron chi connectivity index (χ2n) is 6.11. The Hall–Kier alpha value is -1.69. The molecule has 2 heterocycles. The summed E-state index contributed by atoms with van der Waals surface area (Å²) in [5.74, 6) is 0.151. The molecule has 1 atom stereocenters. The molecule has 2 aromatic rings. The molecular formula is C18H19ClN2O2S. The Morgan fingerprint density at radius 1 is 1.38 bits per heavy atom. The van der Waals surface area contributed by atoms with Crippen LogP contribution in [0.15, 0.2) is 35.7 Å². The predicted octanol–water partition coefficient (Wildman–Crippen LogP) is 3.84. The highest BCUT2D eigenvalue weighted by Gasteiger charge is 2.30. The van der Waals surface area contributed by atoms with Gasteiger partial charge in [0.05, 0.1) is 11.4 Å². The van der Waals surface area contributed by atoms with Crippen molar-refractivity contribution in [2.45, 2.75) is 26.4 Å². The first-order chi connectivity index (χ1) is 11.4. The average molecular weight is 363 g/mol. The molecule has 0 N–H and O–H groups in total. The van der Waals surface area contributed by atoms with Gasteiger partial charge in [0, 0.05) is 29.8 Å². The molecule has 1 unspecified atom stereocenters. The summed E-state index contributed by atoms with van der Waals surface area (Å²) in [6.45, 7) is 5.36. The van der Waals surface area contributed by atoms with Gasteiger partial charge in [-0.2, -0.15) is 0 Å². The summed E-state index contributed by atoms with van der Waals surface area (Å²) in [7, 11) is 0. The van der Waals surface area contributed by atoms with E-state index in [0.717, 1.165) is 16.1 Å². The van der Waals surface area contributed by atoms with E-state index in [2.05, 4.69) is 11.8 Å². The number of benzene rings is 1. The number of amides is 1. The van der Waals surface area contributed by atoms with Crippen molar-refractivity contribution in [1.29, 1.82) is 0 Å². The van der Waals surface area contributed by atoms with Crippen LogP contribution in [0.2, 0.25) is 5.02 Å². The van der Waals surface area contributed by atoms with Gasteiger partial charge in [-0.1, -0.05) is 17.7 Å². The lowest BCUT2D eigenvalue weighted by Gasteiger charge is -2.39. The number of carbonyl (C=O) groups excluding carboxylic acids is 2. The van der Waals surface area contributed by atoms with Crippen LogP contribution in [0.5, 0.6) is 0 Å². The van der Waals surface area contributed by atoms with Crippen molar-refractivity contribution in [1.82, 2.24) is 4.90 Å². The summed E-state index contributed by atoms with van der Waals surface area (Å²) < 4.78 is 0. The molecule has 1 aromatic carbocycles. The number of piperazine rings is 1. The lowest BCUT2D eigenvalue weighted by molar-refractivity contribution is -0.122. The van der Waals surface area contributed by atoms with Gasteiger partial charge in [0.25, 0.3) is 0 Å². The number of nitrogens with zero attached hydrogens (tertiary/aromatic N) is 2. The zero-order valence-electron chi connectivity index (χ0n) is 13.7. The number of rotatable bonds is 4. The summed E-state index contributed by atoms with van der Waals surface area (Å²) in [4.78, 5) is 28.7. The van der Waals surface area contributed by atoms with E-state index in [0.29, 0.717) is 24.7 Å². The summed E-state index contributed by atoms with van der Waals surface area (Å²) in [5.41, 5.74) is 1.93. The van der Waals surface area contributed by atoms with E-state index in [9.17, 15) is 9.59 Å². The molecule has 1 fully saturated rings. The van der Waals surface area contributed by atoms with Crippen LogP contribution in [0.3, 0.4) is 0 Å². The molecule has 1 aliphatic rings. The first-order valence-electron chi connectivity index (χ1n) is 7.82. The van der Waals surface area contributed by atoms with Crippen LogP contribution in [0.25, 0.3) is 0 Å². The Kier molecular flexibility index (Phi) is 5.04. The Morgan fingerprint density at radius 2 is 2.17 bits per heavy atom. The first-order valence-corrected chi connectivity index (χ1v) is 9.08. The molecule has 24 heavy (non-hydrogen) atoms. The number of Topliss-reactive ketones (excluding diaryl/α,β-unsaturated/α-hetero) is 1. The third kappa shape index (κ3) is 3.69. The minimum Gasteiger partial charge on any atom is -0.310 e. The van der Waals surface area contributed by atoms with Crippen molar-refractivity contribution in [3.05, 3.63) is 51.2 Å². The van der Waals surface area contributed by atoms with E-state index in [1.807, 2.05) is 29.6 Å². The molecule has 0 spiro atoms. The maximum Gasteiger partial charge on any atom is 0.241 e. The Morgan fingerprint density at radius 3 is 2.83 bits per heavy atom. The molecule has 1 aromatic heterocycles. The Balaban J connectivity index is 1.71. The number of ketones is 1. The fourth-order valence-corrected chi connectivity index (χ4v) is 3.87. The minimum atomic E-state index is 0.0670. The van der Waals surface area contributed by atoms with Gasteiger partial charge in [0.1, 0.15) is 0 Å². The molecule has 3 rings (SSSR count). The van der Waals surface area contributed by atoms with E-state index < -0.39 is 0 Å². The number of thiophene rings is 1. The zero-order valence-corrected chi connectivity index (χ0v) is 15.2. The van der Waals surface area contributed by atoms with Crippen LogP contribution < -0.4 is 4.90 Å². The van der Waals surface area contributed by atoms with Crippen LogP contribution in [0, 0.1) is 0 Å². The van der Waals surface area contributed by atoms with Crippen molar-refractivity contribution in [2.24, 2.45) is 0 Å². The fraction of sp³-hybridized carbons (Fsp3) is 0.333. The minimum absolute atomic E-state index is 0.0670. The van der Waals surface area contributed by atoms with Crippen molar-refractivity contribution in [3.63, 3.8) is 0 Å². The van der Waals surface area contributed by atoms with Gasteiger partial charge in [0.15, 0.2) is 5.78 Å². The first kappa shape index (κ1) is 17.1. The highest BCUT2D eigenvalue weighted by molar-refractivity contribution is 7.12. The van der Waals surface area contributed by atoms with Gasteiger partial charge in [0.2, 0.25) is 5.91 Å². The van der Waals surface area contributed by atoms with Crippen LogP contribution in [0.1, 0.15) is 29.1 Å². The molecule has 1 amide bonds. The molecule has 6 heteroatoms. The van der Waals surface area contributed by atoms with Gasteiger partial charge >= 0.3 is 0 Å². The van der Waals surface area contributed by atoms with E-state index in [1.54, 1.807) is 17.9 Å². The van der Waals surface area contributed by atoms with Crippen molar-refractivity contribution >= 4 is 40.3 Å². The van der Waals surface area contributed by atoms with Crippen LogP contribution in [-0.4, -0.2) is 35.7 Å². The van der Waals surface area contributed by atoms with Crippen molar-refractivity contribution < 1.29 is 9.59 Å². The molecule has 1 aliphatic heterocycles. The maximum atomic E-state index is 12.6. The zero-order chi connectivity index (χ0) is 17.3. The monoisotopic (exact) mass is 362 g/mol. The predicted molar refractivity (Wildman–Crippen MR) is 98.0 cm³/mol. The molecule has 0 bridgehead atoms. The topological polar surface area (TPSA) is 40.6 Å². The van der Waals surface area contributed by atoms with Gasteiger partial charge in [-0.15, -0.1) is 11.3 Å². The van der Waals surface area contributed by atoms with Crippen LogP contribution in [-0.2, 0) is 11.3 Å². The highest BCUT2D eigenvalue weighted by Crippen LogP contribution is 2.25. The lowest BCUT2D eigenvalue weighted by atomic mass is 10.1. The van der Waals surface area contributed by atoms with Gasteiger partial charge in [-0.3, -0.25) is 14.5 Å². The second kappa shape index (κ2) is 7.05. The SMILES string of the molecule is CC(=O)c1cc(CN2CC(=O)N(c3cccc(Cl)c3)CC2C)cs1. The summed E-state index contributed by atoms with van der Waals surface area (Å²) in [6.07, 6.45) is 0.